The van der Waals surface area contributed by atoms with Crippen LogP contribution in [-0.2, 0) is 49.3 Å². The van der Waals surface area contributed by atoms with Crippen LogP contribution in [0.4, 0.5) is 0 Å². The molecule has 9 heteroatoms. The average Bonchev–Trinajstić information content (AvgIpc) is 3.34. The Bertz CT molecular complexity index is 886. The number of hydrogen-bond donors (Lipinski definition) is 0. The fourth-order valence-corrected chi connectivity index (χ4v) is 3.94. The van der Waals surface area contributed by atoms with Crippen LogP contribution in [0, 0.1) is 10.8 Å². The van der Waals surface area contributed by atoms with E-state index in [4.69, 9.17) is 23.7 Å². The summed E-state index contributed by atoms with van der Waals surface area (Å²) in [5, 5.41) is 0. The molecule has 0 N–H and O–H groups in total. The molecule has 9 nitrogen and oxygen atoms in total. The van der Waals surface area contributed by atoms with Gasteiger partial charge in [0.15, 0.2) is 10.8 Å². The molecule has 2 atom stereocenters. The van der Waals surface area contributed by atoms with Gasteiger partial charge < -0.3 is 23.7 Å². The summed E-state index contributed by atoms with van der Waals surface area (Å²) in [7, 11) is 0. The lowest BCUT2D eigenvalue weighted by atomic mass is 9.76. The van der Waals surface area contributed by atoms with E-state index in [1.54, 1.807) is 52.0 Å². The van der Waals surface area contributed by atoms with E-state index in [0.717, 1.165) is 0 Å². The highest BCUT2D eigenvalue weighted by Gasteiger charge is 2.60. The molecule has 0 aromatic heterocycles. The molecule has 0 saturated heterocycles. The van der Waals surface area contributed by atoms with Crippen molar-refractivity contribution in [3.63, 3.8) is 0 Å². The summed E-state index contributed by atoms with van der Waals surface area (Å²) in [4.78, 5) is 52.5. The van der Waals surface area contributed by atoms with Gasteiger partial charge in [-0.2, -0.15) is 0 Å². The molecular weight excluding hydrogens is 456 g/mol. The number of carbonyl (C=O) groups is 4. The third kappa shape index (κ3) is 5.73. The van der Waals surface area contributed by atoms with E-state index in [-0.39, 0.29) is 32.8 Å². The molecular formula is C26H34O9. The van der Waals surface area contributed by atoms with Crippen LogP contribution in [0.25, 0.3) is 0 Å². The van der Waals surface area contributed by atoms with E-state index in [1.807, 2.05) is 6.07 Å². The highest BCUT2D eigenvalue weighted by Crippen LogP contribution is 2.41. The number of benzene rings is 1. The maximum atomic E-state index is 13.4. The minimum Gasteiger partial charge on any atom is -0.465 e. The SMILES string of the molecule is CCOC(=O)C(C)(C(=O)OCC)[C@@H]1C=C[C@H](C(Cc2ccccc2)(C(=O)OCC)C(=O)OCC)O1. The van der Waals surface area contributed by atoms with Crippen LogP contribution in [0.1, 0.15) is 40.2 Å². The zero-order valence-corrected chi connectivity index (χ0v) is 20.9. The van der Waals surface area contributed by atoms with Crippen LogP contribution < -0.4 is 0 Å². The van der Waals surface area contributed by atoms with Gasteiger partial charge in [-0.3, -0.25) is 19.2 Å². The van der Waals surface area contributed by atoms with Gasteiger partial charge in [0.2, 0.25) is 0 Å². The Morgan fingerprint density at radius 2 is 1.14 bits per heavy atom. The van der Waals surface area contributed by atoms with Crippen molar-refractivity contribution in [3.05, 3.63) is 48.0 Å². The second kappa shape index (κ2) is 12.5. The number of esters is 4. The molecule has 192 valence electrons. The molecule has 0 aliphatic carbocycles. The smallest absolute Gasteiger partial charge is 0.326 e. The maximum Gasteiger partial charge on any atom is 0.326 e. The minimum absolute atomic E-state index is 0.0258. The fourth-order valence-electron chi connectivity index (χ4n) is 3.94. The number of carbonyl (C=O) groups excluding carboxylic acids is 4. The van der Waals surface area contributed by atoms with Gasteiger partial charge in [0.05, 0.1) is 26.4 Å². The molecule has 1 heterocycles. The van der Waals surface area contributed by atoms with Crippen molar-refractivity contribution in [3.8, 4) is 0 Å². The largest absolute Gasteiger partial charge is 0.465 e. The number of hydrogen-bond acceptors (Lipinski definition) is 9. The standard InChI is InChI=1S/C26H34O9/c1-6-31-21(27)25(5,22(28)32-7-2)19-15-16-20(35-19)26(23(29)33-8-3,24(30)34-9-4)17-18-13-11-10-12-14-18/h10-16,19-20H,6-9,17H2,1-5H3/t19-,20+/m0/s1. The van der Waals surface area contributed by atoms with Gasteiger partial charge in [-0.05, 0) is 40.2 Å². The zero-order chi connectivity index (χ0) is 26.1. The molecule has 0 bridgehead atoms. The van der Waals surface area contributed by atoms with Crippen LogP contribution in [0.3, 0.4) is 0 Å². The Morgan fingerprint density at radius 1 is 0.714 bits per heavy atom. The van der Waals surface area contributed by atoms with Crippen molar-refractivity contribution in [2.75, 3.05) is 26.4 Å². The zero-order valence-electron chi connectivity index (χ0n) is 20.9. The van der Waals surface area contributed by atoms with Crippen LogP contribution >= 0.6 is 0 Å². The minimum atomic E-state index is -1.91. The summed E-state index contributed by atoms with van der Waals surface area (Å²) in [6.07, 6.45) is 0.524. The van der Waals surface area contributed by atoms with Crippen molar-refractivity contribution < 1.29 is 42.9 Å². The van der Waals surface area contributed by atoms with E-state index in [2.05, 4.69) is 0 Å². The third-order valence-electron chi connectivity index (χ3n) is 5.81. The second-order valence-electron chi connectivity index (χ2n) is 8.08. The Morgan fingerprint density at radius 3 is 1.60 bits per heavy atom. The van der Waals surface area contributed by atoms with Crippen LogP contribution in [-0.4, -0.2) is 62.5 Å². The predicted octanol–water partition coefficient (Wildman–Crippen LogP) is 2.80. The van der Waals surface area contributed by atoms with Crippen molar-refractivity contribution in [1.29, 1.82) is 0 Å². The summed E-state index contributed by atoms with van der Waals surface area (Å²) in [5.74, 6) is -3.33. The van der Waals surface area contributed by atoms with Crippen molar-refractivity contribution in [2.24, 2.45) is 10.8 Å². The maximum absolute atomic E-state index is 13.4. The van der Waals surface area contributed by atoms with Gasteiger partial charge in [0, 0.05) is 6.42 Å². The normalized spacial score (nSPS) is 17.5. The lowest BCUT2D eigenvalue weighted by Crippen LogP contribution is -2.54. The molecule has 2 rings (SSSR count). The summed E-state index contributed by atoms with van der Waals surface area (Å²) < 4.78 is 27.0. The monoisotopic (exact) mass is 490 g/mol. The molecule has 35 heavy (non-hydrogen) atoms. The Hall–Kier alpha value is -3.20. The molecule has 0 spiro atoms. The molecule has 0 saturated carbocycles. The van der Waals surface area contributed by atoms with E-state index in [1.165, 1.54) is 19.1 Å². The lowest BCUT2D eigenvalue weighted by Gasteiger charge is -2.36. The molecule has 0 radical (unpaired) electrons. The van der Waals surface area contributed by atoms with E-state index >= 15 is 0 Å². The Balaban J connectivity index is 2.56. The van der Waals surface area contributed by atoms with Crippen molar-refractivity contribution in [2.45, 2.75) is 53.2 Å². The molecule has 0 unspecified atom stereocenters. The van der Waals surface area contributed by atoms with Crippen LogP contribution in [0.2, 0.25) is 0 Å². The summed E-state index contributed by atoms with van der Waals surface area (Å²) in [6, 6.07) is 8.91. The van der Waals surface area contributed by atoms with Gasteiger partial charge in [-0.25, -0.2) is 0 Å². The highest BCUT2D eigenvalue weighted by atomic mass is 16.6. The highest BCUT2D eigenvalue weighted by molar-refractivity contribution is 6.02. The van der Waals surface area contributed by atoms with Gasteiger partial charge in [0.25, 0.3) is 0 Å². The molecule has 1 aromatic rings. The lowest BCUT2D eigenvalue weighted by molar-refractivity contribution is -0.190. The van der Waals surface area contributed by atoms with Crippen LogP contribution in [0.15, 0.2) is 42.5 Å². The van der Waals surface area contributed by atoms with Gasteiger partial charge in [-0.15, -0.1) is 0 Å². The first-order chi connectivity index (χ1) is 16.7. The molecule has 0 fully saturated rings. The van der Waals surface area contributed by atoms with E-state index in [9.17, 15) is 19.2 Å². The molecule has 0 amide bonds. The fraction of sp³-hybridized carbons (Fsp3) is 0.538. The van der Waals surface area contributed by atoms with Gasteiger partial charge >= 0.3 is 23.9 Å². The van der Waals surface area contributed by atoms with Crippen LogP contribution in [0.5, 0.6) is 0 Å². The first-order valence-corrected chi connectivity index (χ1v) is 11.8. The van der Waals surface area contributed by atoms with Crippen molar-refractivity contribution in [1.82, 2.24) is 0 Å². The van der Waals surface area contributed by atoms with Gasteiger partial charge in [-0.1, -0.05) is 42.5 Å². The predicted molar refractivity (Wildman–Crippen MR) is 125 cm³/mol. The second-order valence-corrected chi connectivity index (χ2v) is 8.08. The third-order valence-corrected chi connectivity index (χ3v) is 5.81. The Kier molecular flexibility index (Phi) is 10.0. The number of rotatable bonds is 12. The summed E-state index contributed by atoms with van der Waals surface area (Å²) in [6.45, 7) is 7.97. The molecule has 1 aromatic carbocycles. The topological polar surface area (TPSA) is 114 Å². The first kappa shape index (κ1) is 28.0. The average molecular weight is 491 g/mol. The Labute approximate surface area is 205 Å². The summed E-state index contributed by atoms with van der Waals surface area (Å²) in [5.41, 5.74) is -3.10. The van der Waals surface area contributed by atoms with E-state index in [0.29, 0.717) is 5.56 Å². The van der Waals surface area contributed by atoms with E-state index < -0.39 is 46.9 Å². The van der Waals surface area contributed by atoms with Crippen molar-refractivity contribution >= 4 is 23.9 Å². The molecule has 1 aliphatic heterocycles. The number of ether oxygens (including phenoxy) is 5. The first-order valence-electron chi connectivity index (χ1n) is 11.8. The molecule has 1 aliphatic rings. The quantitative estimate of drug-likeness (QED) is 0.189. The summed E-state index contributed by atoms with van der Waals surface area (Å²) >= 11 is 0. The van der Waals surface area contributed by atoms with Gasteiger partial charge in [0.1, 0.15) is 12.2 Å².